The molecule has 0 aromatic carbocycles. The molecule has 0 spiro atoms. The van der Waals surface area contributed by atoms with Gasteiger partial charge in [-0.1, -0.05) is 0 Å². The predicted octanol–water partition coefficient (Wildman–Crippen LogP) is 3.25. The van der Waals surface area contributed by atoms with E-state index in [-0.39, 0.29) is 0 Å². The Morgan fingerprint density at radius 2 is 1.25 bits per heavy atom. The third-order valence-corrected chi connectivity index (χ3v) is 11.9. The Morgan fingerprint density at radius 1 is 1.00 bits per heavy atom. The molecule has 0 aliphatic heterocycles. The summed E-state index contributed by atoms with van der Waals surface area (Å²) in [6.45, 7) is 6.94. The van der Waals surface area contributed by atoms with Crippen molar-refractivity contribution in [1.82, 2.24) is 0 Å². The van der Waals surface area contributed by atoms with Gasteiger partial charge in [0, 0.05) is 0 Å². The van der Waals surface area contributed by atoms with Gasteiger partial charge in [0.1, 0.15) is 0 Å². The van der Waals surface area contributed by atoms with Crippen LogP contribution in [0.2, 0.25) is 13.9 Å². The summed E-state index contributed by atoms with van der Waals surface area (Å²) in [6.07, 6.45) is 0. The SMILES string of the molecule is C[CH2][Ag]([PH2])([CH2]C)[CH2]C. The van der Waals surface area contributed by atoms with Gasteiger partial charge in [-0.05, 0) is 0 Å². The van der Waals surface area contributed by atoms with E-state index in [4.69, 9.17) is 0 Å². The van der Waals surface area contributed by atoms with Crippen molar-refractivity contribution in [2.45, 2.75) is 34.7 Å². The van der Waals surface area contributed by atoms with Crippen LogP contribution < -0.4 is 0 Å². The maximum atomic E-state index is 3.08. The van der Waals surface area contributed by atoms with Gasteiger partial charge in [0.05, 0.1) is 0 Å². The third kappa shape index (κ3) is 2.64. The van der Waals surface area contributed by atoms with E-state index < -0.39 is 16.6 Å². The quantitative estimate of drug-likeness (QED) is 0.513. The zero-order valence-corrected chi connectivity index (χ0v) is 8.64. The van der Waals surface area contributed by atoms with Gasteiger partial charge >= 0.3 is 58.4 Å². The van der Waals surface area contributed by atoms with Crippen LogP contribution >= 0.6 is 7.13 Å². The standard InChI is InChI=1S/3C2H5.Ag.H2P/c3*1-2;;/h3*1H2,2H3;;1H2/q;;;+1;-1. The Balaban J connectivity index is 3.58. The first-order valence-corrected chi connectivity index (χ1v) is 8.99. The van der Waals surface area contributed by atoms with Gasteiger partial charge < -0.3 is 0 Å². The van der Waals surface area contributed by atoms with Gasteiger partial charge in [0.15, 0.2) is 0 Å². The average Bonchev–Trinajstić information content (AvgIpc) is 1.87. The molecule has 0 N–H and O–H groups in total. The van der Waals surface area contributed by atoms with Crippen molar-refractivity contribution in [3.05, 3.63) is 0 Å². The Labute approximate surface area is 58.6 Å². The fourth-order valence-corrected chi connectivity index (χ4v) is 2.68. The second kappa shape index (κ2) is 4.06. The average molecular weight is 228 g/mol. The van der Waals surface area contributed by atoms with Gasteiger partial charge in [-0.3, -0.25) is 0 Å². The monoisotopic (exact) mass is 227 g/mol. The van der Waals surface area contributed by atoms with Crippen LogP contribution in [-0.4, -0.2) is 0 Å². The van der Waals surface area contributed by atoms with E-state index in [1.807, 2.05) is 0 Å². The van der Waals surface area contributed by atoms with E-state index in [0.29, 0.717) is 0 Å². The minimum atomic E-state index is -0.765. The fraction of sp³-hybridized carbons (Fsp3) is 1.00. The van der Waals surface area contributed by atoms with Crippen LogP contribution in [0.25, 0.3) is 0 Å². The van der Waals surface area contributed by atoms with Gasteiger partial charge in [-0.2, -0.15) is 0 Å². The second-order valence-corrected chi connectivity index (χ2v) is 13.0. The van der Waals surface area contributed by atoms with E-state index in [9.17, 15) is 0 Å². The molecule has 1 unspecified atom stereocenters. The molecule has 0 radical (unpaired) electrons. The zero-order valence-electron chi connectivity index (χ0n) is 6.00. The molecule has 0 fully saturated rings. The molecule has 0 saturated carbocycles. The van der Waals surface area contributed by atoms with Gasteiger partial charge in [-0.15, -0.1) is 0 Å². The molecule has 0 aromatic rings. The van der Waals surface area contributed by atoms with Gasteiger partial charge in [-0.25, -0.2) is 0 Å². The molecule has 0 saturated heterocycles. The molecule has 0 aliphatic carbocycles. The van der Waals surface area contributed by atoms with Crippen molar-refractivity contribution in [3.63, 3.8) is 0 Å². The molecule has 2 heteroatoms. The summed E-state index contributed by atoms with van der Waals surface area (Å²) < 4.78 is 4.27. The molecule has 0 aromatic heterocycles. The van der Waals surface area contributed by atoms with E-state index in [1.54, 1.807) is 0 Å². The summed E-state index contributed by atoms with van der Waals surface area (Å²) in [4.78, 5) is 0. The summed E-state index contributed by atoms with van der Waals surface area (Å²) in [5, 5.41) is 0. The molecular weight excluding hydrogens is 211 g/mol. The Hall–Kier alpha value is 1.17. The third-order valence-electron chi connectivity index (χ3n) is 1.27. The summed E-state index contributed by atoms with van der Waals surface area (Å²) in [7, 11) is 3.08. The molecule has 1 atom stereocenters. The number of hydrogen-bond donors (Lipinski definition) is 0. The molecule has 0 rings (SSSR count). The van der Waals surface area contributed by atoms with E-state index in [2.05, 4.69) is 27.9 Å². The Morgan fingerprint density at radius 3 is 1.25 bits per heavy atom. The molecular formula is C6H17AgP. The van der Waals surface area contributed by atoms with Crippen molar-refractivity contribution < 1.29 is 16.6 Å². The summed E-state index contributed by atoms with van der Waals surface area (Å²) in [6, 6.07) is 0. The summed E-state index contributed by atoms with van der Waals surface area (Å²) >= 11 is -0.765. The topological polar surface area (TPSA) is 0 Å². The van der Waals surface area contributed by atoms with Crippen molar-refractivity contribution in [2.24, 2.45) is 0 Å². The molecule has 8 heavy (non-hydrogen) atoms. The summed E-state index contributed by atoms with van der Waals surface area (Å²) in [5.41, 5.74) is 0. The molecule has 0 nitrogen and oxygen atoms in total. The molecule has 0 aliphatic rings. The van der Waals surface area contributed by atoms with Gasteiger partial charge in [0.25, 0.3) is 0 Å². The van der Waals surface area contributed by atoms with Gasteiger partial charge in [0.2, 0.25) is 0 Å². The molecule has 0 heterocycles. The van der Waals surface area contributed by atoms with Crippen molar-refractivity contribution in [1.29, 1.82) is 0 Å². The van der Waals surface area contributed by atoms with Crippen molar-refractivity contribution in [3.8, 4) is 0 Å². The number of hydrogen-bond acceptors (Lipinski definition) is 0. The van der Waals surface area contributed by atoms with E-state index >= 15 is 0 Å². The molecule has 57 valence electrons. The van der Waals surface area contributed by atoms with E-state index in [0.717, 1.165) is 0 Å². The van der Waals surface area contributed by atoms with Crippen molar-refractivity contribution in [2.75, 3.05) is 0 Å². The molecule has 0 bridgehead atoms. The Kier molecular flexibility index (Phi) is 4.66. The minimum absolute atomic E-state index is 0.765. The fourth-order valence-electron chi connectivity index (χ4n) is 0.452. The summed E-state index contributed by atoms with van der Waals surface area (Å²) in [5.74, 6) is 0. The maximum absolute atomic E-state index is 3.08. The van der Waals surface area contributed by atoms with Crippen LogP contribution in [0.3, 0.4) is 0 Å². The van der Waals surface area contributed by atoms with Crippen LogP contribution in [0.5, 0.6) is 0 Å². The normalized spacial score (nSPS) is 14.0. The number of rotatable bonds is 3. The molecule has 0 amide bonds. The van der Waals surface area contributed by atoms with E-state index in [1.165, 1.54) is 13.9 Å². The predicted molar refractivity (Wildman–Crippen MR) is 41.2 cm³/mol. The van der Waals surface area contributed by atoms with Crippen LogP contribution in [0.4, 0.5) is 0 Å². The van der Waals surface area contributed by atoms with Crippen LogP contribution in [0.15, 0.2) is 0 Å². The van der Waals surface area contributed by atoms with Crippen LogP contribution in [0, 0.1) is 0 Å². The first-order valence-electron chi connectivity index (χ1n) is 2.94. The van der Waals surface area contributed by atoms with Crippen LogP contribution in [-0.2, 0) is 16.6 Å². The first-order chi connectivity index (χ1) is 3.68. The van der Waals surface area contributed by atoms with Crippen molar-refractivity contribution >= 4 is 7.13 Å². The Bertz CT molecular complexity index is 51.3. The first kappa shape index (κ1) is 9.17. The second-order valence-electron chi connectivity index (χ2n) is 1.46. The van der Waals surface area contributed by atoms with Crippen LogP contribution in [0.1, 0.15) is 20.8 Å². The zero-order chi connectivity index (χ0) is 6.62.